The Morgan fingerprint density at radius 2 is 1.42 bits per heavy atom. The maximum Gasteiger partial charge on any atom is 0.311 e. The first-order valence-corrected chi connectivity index (χ1v) is 9.57. The summed E-state index contributed by atoms with van der Waals surface area (Å²) in [6.45, 7) is 2.60. The molecule has 5 heteroatoms. The van der Waals surface area contributed by atoms with Crippen LogP contribution in [0.4, 0.5) is 0 Å². The molecule has 0 bridgehead atoms. The topological polar surface area (TPSA) is 69.7 Å². The van der Waals surface area contributed by atoms with Gasteiger partial charge in [0.05, 0.1) is 6.61 Å². The van der Waals surface area contributed by atoms with Gasteiger partial charge in [0.2, 0.25) is 0 Å². The normalized spacial score (nSPS) is 10.3. The minimum absolute atomic E-state index is 0.0950. The van der Waals surface area contributed by atoms with Crippen molar-refractivity contribution in [2.75, 3.05) is 6.61 Å². The molecule has 0 aliphatic rings. The maximum atomic E-state index is 11.7. The molecule has 5 nitrogen and oxygen atoms in total. The molecular weight excluding hydrogens is 332 g/mol. The van der Waals surface area contributed by atoms with E-state index in [2.05, 4.69) is 6.92 Å². The molecule has 0 unspecified atom stereocenters. The third-order valence-electron chi connectivity index (χ3n) is 4.02. The van der Waals surface area contributed by atoms with E-state index >= 15 is 0 Å². The first-order chi connectivity index (χ1) is 12.7. The minimum atomic E-state index is -0.251. The van der Waals surface area contributed by atoms with Crippen molar-refractivity contribution in [3.63, 3.8) is 0 Å². The quantitative estimate of drug-likeness (QED) is 0.204. The SMILES string of the molecule is CCCCOC(=O)CCCCCCCCC(=O)Oc1ccc(C=O)cc1. The summed E-state index contributed by atoms with van der Waals surface area (Å²) in [4.78, 5) is 33.7. The van der Waals surface area contributed by atoms with Crippen LogP contribution in [0, 0.1) is 0 Å². The Kier molecular flexibility index (Phi) is 11.8. The highest BCUT2D eigenvalue weighted by atomic mass is 16.5. The maximum absolute atomic E-state index is 11.7. The van der Waals surface area contributed by atoms with Gasteiger partial charge in [-0.1, -0.05) is 39.0 Å². The van der Waals surface area contributed by atoms with Crippen LogP contribution in [0.1, 0.15) is 81.5 Å². The molecule has 144 valence electrons. The number of carbonyl (C=O) groups excluding carboxylic acids is 3. The van der Waals surface area contributed by atoms with Crippen LogP contribution < -0.4 is 4.74 Å². The number of rotatable bonds is 14. The average Bonchev–Trinajstić information content (AvgIpc) is 2.64. The van der Waals surface area contributed by atoms with Crippen molar-refractivity contribution in [3.05, 3.63) is 29.8 Å². The molecule has 0 fully saturated rings. The molecule has 0 aromatic heterocycles. The molecule has 26 heavy (non-hydrogen) atoms. The minimum Gasteiger partial charge on any atom is -0.466 e. The van der Waals surface area contributed by atoms with Gasteiger partial charge in [0, 0.05) is 18.4 Å². The molecule has 0 aliphatic carbocycles. The van der Waals surface area contributed by atoms with Crippen LogP contribution in [0.2, 0.25) is 0 Å². The highest BCUT2D eigenvalue weighted by Gasteiger charge is 2.05. The number of esters is 2. The lowest BCUT2D eigenvalue weighted by Gasteiger charge is -2.05. The van der Waals surface area contributed by atoms with Crippen LogP contribution in [-0.2, 0) is 14.3 Å². The zero-order valence-corrected chi connectivity index (χ0v) is 15.7. The summed E-state index contributed by atoms with van der Waals surface area (Å²) < 4.78 is 10.3. The lowest BCUT2D eigenvalue weighted by Crippen LogP contribution is -2.07. The predicted molar refractivity (Wildman–Crippen MR) is 100 cm³/mol. The van der Waals surface area contributed by atoms with Crippen LogP contribution in [0.5, 0.6) is 5.75 Å². The fraction of sp³-hybridized carbons (Fsp3) is 0.571. The number of ether oxygens (including phenoxy) is 2. The lowest BCUT2D eigenvalue weighted by molar-refractivity contribution is -0.144. The highest BCUT2D eigenvalue weighted by Crippen LogP contribution is 2.14. The van der Waals surface area contributed by atoms with E-state index in [0.29, 0.717) is 30.8 Å². The largest absolute Gasteiger partial charge is 0.466 e. The van der Waals surface area contributed by atoms with E-state index < -0.39 is 0 Å². The number of aldehydes is 1. The molecule has 1 rings (SSSR count). The number of benzene rings is 1. The van der Waals surface area contributed by atoms with Gasteiger partial charge in [0.25, 0.3) is 0 Å². The molecule has 1 aromatic rings. The third-order valence-corrected chi connectivity index (χ3v) is 4.02. The van der Waals surface area contributed by atoms with Gasteiger partial charge >= 0.3 is 11.9 Å². The van der Waals surface area contributed by atoms with Gasteiger partial charge in [-0.15, -0.1) is 0 Å². The van der Waals surface area contributed by atoms with E-state index in [9.17, 15) is 14.4 Å². The van der Waals surface area contributed by atoms with Crippen molar-refractivity contribution in [1.82, 2.24) is 0 Å². The Bertz CT molecular complexity index is 536. The van der Waals surface area contributed by atoms with Gasteiger partial charge in [-0.3, -0.25) is 14.4 Å². The fourth-order valence-corrected chi connectivity index (χ4v) is 2.45. The van der Waals surface area contributed by atoms with E-state index in [1.54, 1.807) is 24.3 Å². The lowest BCUT2D eigenvalue weighted by atomic mass is 10.1. The van der Waals surface area contributed by atoms with Crippen molar-refractivity contribution in [3.8, 4) is 5.75 Å². The smallest absolute Gasteiger partial charge is 0.311 e. The summed E-state index contributed by atoms with van der Waals surface area (Å²) in [5.74, 6) is 0.118. The number of hydrogen-bond acceptors (Lipinski definition) is 5. The first kappa shape index (κ1) is 21.9. The molecular formula is C21H30O5. The molecule has 0 amide bonds. The standard InChI is InChI=1S/C21H30O5/c1-2-3-16-25-20(23)10-8-6-4-5-7-9-11-21(24)26-19-14-12-18(17-22)13-15-19/h12-15,17H,2-11,16H2,1H3. The van der Waals surface area contributed by atoms with Crippen LogP contribution in [0.15, 0.2) is 24.3 Å². The van der Waals surface area contributed by atoms with E-state index in [4.69, 9.17) is 9.47 Å². The van der Waals surface area contributed by atoms with Gasteiger partial charge in [-0.05, 0) is 43.5 Å². The van der Waals surface area contributed by atoms with Gasteiger partial charge in [0.1, 0.15) is 12.0 Å². The Labute approximate surface area is 156 Å². The molecule has 0 radical (unpaired) electrons. The molecule has 0 N–H and O–H groups in total. The fourth-order valence-electron chi connectivity index (χ4n) is 2.45. The van der Waals surface area contributed by atoms with Gasteiger partial charge in [-0.2, -0.15) is 0 Å². The molecule has 1 aromatic carbocycles. The zero-order chi connectivity index (χ0) is 19.0. The Hall–Kier alpha value is -2.17. The summed E-state index contributed by atoms with van der Waals surface area (Å²) >= 11 is 0. The van der Waals surface area contributed by atoms with Crippen LogP contribution in [-0.4, -0.2) is 24.8 Å². The Balaban J connectivity index is 1.97. The number of hydrogen-bond donors (Lipinski definition) is 0. The van der Waals surface area contributed by atoms with Crippen LogP contribution in [0.25, 0.3) is 0 Å². The van der Waals surface area contributed by atoms with Crippen molar-refractivity contribution < 1.29 is 23.9 Å². The predicted octanol–water partition coefficient (Wildman–Crippen LogP) is 4.87. The molecule has 0 heterocycles. The number of carbonyl (C=O) groups is 3. The monoisotopic (exact) mass is 362 g/mol. The summed E-state index contributed by atoms with van der Waals surface area (Å²) in [6.07, 6.45) is 9.35. The van der Waals surface area contributed by atoms with Crippen molar-refractivity contribution in [2.45, 2.75) is 71.1 Å². The highest BCUT2D eigenvalue weighted by molar-refractivity contribution is 5.76. The van der Waals surface area contributed by atoms with Crippen LogP contribution in [0.3, 0.4) is 0 Å². The second kappa shape index (κ2) is 14.0. The summed E-state index contributed by atoms with van der Waals surface area (Å²) in [5.41, 5.74) is 0.555. The number of unbranched alkanes of at least 4 members (excludes halogenated alkanes) is 6. The van der Waals surface area contributed by atoms with E-state index in [1.165, 1.54) is 0 Å². The van der Waals surface area contributed by atoms with Gasteiger partial charge in [-0.25, -0.2) is 0 Å². The summed E-state index contributed by atoms with van der Waals surface area (Å²) in [5, 5.41) is 0. The van der Waals surface area contributed by atoms with E-state index in [1.807, 2.05) is 0 Å². The van der Waals surface area contributed by atoms with Crippen molar-refractivity contribution in [1.29, 1.82) is 0 Å². The average molecular weight is 362 g/mol. The summed E-state index contributed by atoms with van der Waals surface area (Å²) in [6, 6.07) is 6.48. The van der Waals surface area contributed by atoms with Gasteiger partial charge in [0.15, 0.2) is 0 Å². The van der Waals surface area contributed by atoms with Crippen molar-refractivity contribution >= 4 is 18.2 Å². The van der Waals surface area contributed by atoms with Crippen molar-refractivity contribution in [2.24, 2.45) is 0 Å². The molecule has 0 aliphatic heterocycles. The second-order valence-corrected chi connectivity index (χ2v) is 6.36. The molecule has 0 spiro atoms. The van der Waals surface area contributed by atoms with Crippen LogP contribution >= 0.6 is 0 Å². The summed E-state index contributed by atoms with van der Waals surface area (Å²) in [7, 11) is 0. The van der Waals surface area contributed by atoms with E-state index in [0.717, 1.165) is 57.7 Å². The van der Waals surface area contributed by atoms with Gasteiger partial charge < -0.3 is 9.47 Å². The zero-order valence-electron chi connectivity index (χ0n) is 15.7. The Morgan fingerprint density at radius 1 is 0.846 bits per heavy atom. The third kappa shape index (κ3) is 10.6. The molecule has 0 saturated heterocycles. The Morgan fingerprint density at radius 3 is 2.00 bits per heavy atom. The van der Waals surface area contributed by atoms with E-state index in [-0.39, 0.29) is 11.9 Å². The second-order valence-electron chi connectivity index (χ2n) is 6.36. The molecule has 0 saturated carbocycles. The first-order valence-electron chi connectivity index (χ1n) is 9.57. The molecule has 0 atom stereocenters.